The SMILES string of the molecule is Oc1cccc2ccc(CN3CCC[C@H]3c3ccccn3)nc12. The van der Waals surface area contributed by atoms with Crippen LogP contribution in [0.1, 0.15) is 30.3 Å². The molecule has 4 rings (SSSR count). The number of rotatable bonds is 3. The molecule has 2 aromatic heterocycles. The van der Waals surface area contributed by atoms with Crippen molar-refractivity contribution in [3.63, 3.8) is 0 Å². The summed E-state index contributed by atoms with van der Waals surface area (Å²) >= 11 is 0. The Morgan fingerprint density at radius 1 is 1.09 bits per heavy atom. The van der Waals surface area contributed by atoms with Crippen LogP contribution in [0.5, 0.6) is 5.75 Å². The highest BCUT2D eigenvalue weighted by Gasteiger charge is 2.27. The Balaban J connectivity index is 1.61. The maximum atomic E-state index is 10.0. The second-order valence-corrected chi connectivity index (χ2v) is 6.03. The maximum absolute atomic E-state index is 10.0. The first-order valence-electron chi connectivity index (χ1n) is 8.04. The van der Waals surface area contributed by atoms with Crippen molar-refractivity contribution in [2.24, 2.45) is 0 Å². The highest BCUT2D eigenvalue weighted by atomic mass is 16.3. The Kier molecular flexibility index (Phi) is 3.67. The predicted octanol–water partition coefficient (Wildman–Crippen LogP) is 3.67. The van der Waals surface area contributed by atoms with Crippen LogP contribution in [0.3, 0.4) is 0 Å². The summed E-state index contributed by atoms with van der Waals surface area (Å²) < 4.78 is 0. The molecule has 0 radical (unpaired) electrons. The summed E-state index contributed by atoms with van der Waals surface area (Å²) in [5, 5.41) is 11.0. The Morgan fingerprint density at radius 2 is 2.04 bits per heavy atom. The third-order valence-electron chi connectivity index (χ3n) is 4.51. The molecule has 0 spiro atoms. The molecule has 4 heteroatoms. The van der Waals surface area contributed by atoms with E-state index in [0.29, 0.717) is 11.6 Å². The van der Waals surface area contributed by atoms with E-state index in [1.54, 1.807) is 6.07 Å². The fraction of sp³-hybridized carbons (Fsp3) is 0.263. The number of likely N-dealkylation sites (tertiary alicyclic amines) is 1. The van der Waals surface area contributed by atoms with Crippen LogP contribution in [0.4, 0.5) is 0 Å². The largest absolute Gasteiger partial charge is 0.506 e. The number of para-hydroxylation sites is 1. The number of nitrogens with zero attached hydrogens (tertiary/aromatic N) is 3. The molecule has 1 aliphatic rings. The zero-order chi connectivity index (χ0) is 15.6. The van der Waals surface area contributed by atoms with Crippen LogP contribution in [-0.2, 0) is 6.54 Å². The summed E-state index contributed by atoms with van der Waals surface area (Å²) in [5.74, 6) is 0.243. The van der Waals surface area contributed by atoms with Crippen molar-refractivity contribution in [3.05, 3.63) is 66.1 Å². The molecular formula is C19H19N3O. The second kappa shape index (κ2) is 5.97. The van der Waals surface area contributed by atoms with Gasteiger partial charge in [-0.3, -0.25) is 9.88 Å². The highest BCUT2D eigenvalue weighted by Crippen LogP contribution is 2.32. The van der Waals surface area contributed by atoms with E-state index in [1.807, 2.05) is 36.5 Å². The number of benzene rings is 1. The van der Waals surface area contributed by atoms with E-state index in [-0.39, 0.29) is 5.75 Å². The third kappa shape index (κ3) is 2.78. The van der Waals surface area contributed by atoms with Crippen molar-refractivity contribution in [1.82, 2.24) is 14.9 Å². The molecule has 1 atom stereocenters. The average molecular weight is 305 g/mol. The monoisotopic (exact) mass is 305 g/mol. The van der Waals surface area contributed by atoms with Gasteiger partial charge in [-0.1, -0.05) is 24.3 Å². The van der Waals surface area contributed by atoms with Gasteiger partial charge in [0.15, 0.2) is 0 Å². The summed E-state index contributed by atoms with van der Waals surface area (Å²) in [6.07, 6.45) is 4.17. The standard InChI is InChI=1S/C19H19N3O/c23-18-8-3-5-14-9-10-15(21-19(14)18)13-22-12-4-7-17(22)16-6-1-2-11-20-16/h1-3,5-6,8-11,17,23H,4,7,12-13H2/t17-/m0/s1. The normalized spacial score (nSPS) is 18.5. The predicted molar refractivity (Wildman–Crippen MR) is 90.0 cm³/mol. The van der Waals surface area contributed by atoms with E-state index in [0.717, 1.165) is 36.3 Å². The summed E-state index contributed by atoms with van der Waals surface area (Å²) in [6.45, 7) is 1.84. The zero-order valence-electron chi connectivity index (χ0n) is 12.9. The molecule has 0 saturated carbocycles. The first-order valence-corrected chi connectivity index (χ1v) is 8.04. The van der Waals surface area contributed by atoms with Crippen LogP contribution in [0.15, 0.2) is 54.7 Å². The first-order chi connectivity index (χ1) is 11.3. The van der Waals surface area contributed by atoms with Crippen LogP contribution >= 0.6 is 0 Å². The fourth-order valence-electron chi connectivity index (χ4n) is 3.39. The van der Waals surface area contributed by atoms with Crippen molar-refractivity contribution < 1.29 is 5.11 Å². The van der Waals surface area contributed by atoms with Crippen molar-refractivity contribution in [3.8, 4) is 5.75 Å². The average Bonchev–Trinajstić information content (AvgIpc) is 3.05. The number of aromatic nitrogens is 2. The Bertz CT molecular complexity index is 819. The topological polar surface area (TPSA) is 49.2 Å². The minimum Gasteiger partial charge on any atom is -0.506 e. The van der Waals surface area contributed by atoms with Crippen molar-refractivity contribution >= 4 is 10.9 Å². The Labute approximate surface area is 135 Å². The van der Waals surface area contributed by atoms with Crippen molar-refractivity contribution in [1.29, 1.82) is 0 Å². The minimum atomic E-state index is 0.243. The van der Waals surface area contributed by atoms with Gasteiger partial charge in [0, 0.05) is 18.1 Å². The van der Waals surface area contributed by atoms with E-state index in [9.17, 15) is 5.11 Å². The molecule has 3 heterocycles. The molecule has 1 fully saturated rings. The van der Waals surface area contributed by atoms with Gasteiger partial charge in [0.05, 0.1) is 17.4 Å². The quantitative estimate of drug-likeness (QED) is 0.802. The lowest BCUT2D eigenvalue weighted by molar-refractivity contribution is 0.242. The number of hydrogen-bond donors (Lipinski definition) is 1. The molecule has 116 valence electrons. The summed E-state index contributed by atoms with van der Waals surface area (Å²) in [6, 6.07) is 16.0. The smallest absolute Gasteiger partial charge is 0.141 e. The van der Waals surface area contributed by atoms with E-state index < -0.39 is 0 Å². The number of hydrogen-bond acceptors (Lipinski definition) is 4. The molecule has 4 nitrogen and oxygen atoms in total. The summed E-state index contributed by atoms with van der Waals surface area (Å²) in [7, 11) is 0. The minimum absolute atomic E-state index is 0.243. The van der Waals surface area contributed by atoms with E-state index in [4.69, 9.17) is 0 Å². The number of aromatic hydroxyl groups is 1. The van der Waals surface area contributed by atoms with Crippen molar-refractivity contribution in [2.45, 2.75) is 25.4 Å². The van der Waals surface area contributed by atoms with Gasteiger partial charge in [-0.2, -0.15) is 0 Å². The molecule has 23 heavy (non-hydrogen) atoms. The van der Waals surface area contributed by atoms with Crippen molar-refractivity contribution in [2.75, 3.05) is 6.54 Å². The Hall–Kier alpha value is -2.46. The van der Waals surface area contributed by atoms with Gasteiger partial charge < -0.3 is 5.11 Å². The van der Waals surface area contributed by atoms with Gasteiger partial charge in [-0.05, 0) is 43.7 Å². The van der Waals surface area contributed by atoms with Crippen LogP contribution in [0, 0.1) is 0 Å². The lowest BCUT2D eigenvalue weighted by atomic mass is 10.1. The second-order valence-electron chi connectivity index (χ2n) is 6.03. The third-order valence-corrected chi connectivity index (χ3v) is 4.51. The lowest BCUT2D eigenvalue weighted by Crippen LogP contribution is -2.23. The number of phenolic OH excluding ortho intramolecular Hbond substituents is 1. The molecule has 1 N–H and O–H groups in total. The van der Waals surface area contributed by atoms with Gasteiger partial charge >= 0.3 is 0 Å². The molecule has 0 aliphatic carbocycles. The number of fused-ring (bicyclic) bond motifs is 1. The fourth-order valence-corrected chi connectivity index (χ4v) is 3.39. The van der Waals surface area contributed by atoms with Crippen LogP contribution in [0.25, 0.3) is 10.9 Å². The van der Waals surface area contributed by atoms with E-state index >= 15 is 0 Å². The first kappa shape index (κ1) is 14.2. The summed E-state index contributed by atoms with van der Waals surface area (Å²) in [4.78, 5) is 11.6. The molecule has 0 amide bonds. The van der Waals surface area contributed by atoms with Crippen LogP contribution < -0.4 is 0 Å². The van der Waals surface area contributed by atoms with Gasteiger partial charge in [-0.25, -0.2) is 4.98 Å². The molecule has 0 bridgehead atoms. The molecular weight excluding hydrogens is 286 g/mol. The van der Waals surface area contributed by atoms with Crippen LogP contribution in [-0.4, -0.2) is 26.5 Å². The van der Waals surface area contributed by atoms with Crippen LogP contribution in [0.2, 0.25) is 0 Å². The maximum Gasteiger partial charge on any atom is 0.141 e. The van der Waals surface area contributed by atoms with E-state index in [2.05, 4.69) is 27.0 Å². The highest BCUT2D eigenvalue weighted by molar-refractivity contribution is 5.84. The molecule has 1 aromatic carbocycles. The molecule has 1 saturated heterocycles. The number of phenols is 1. The summed E-state index contributed by atoms with van der Waals surface area (Å²) in [5.41, 5.74) is 2.80. The Morgan fingerprint density at radius 3 is 2.91 bits per heavy atom. The molecule has 0 unspecified atom stereocenters. The molecule has 3 aromatic rings. The van der Waals surface area contributed by atoms with Gasteiger partial charge in [0.1, 0.15) is 11.3 Å². The zero-order valence-corrected chi connectivity index (χ0v) is 12.9. The number of pyridine rings is 2. The lowest BCUT2D eigenvalue weighted by Gasteiger charge is -2.23. The van der Waals surface area contributed by atoms with Gasteiger partial charge in [0.2, 0.25) is 0 Å². The van der Waals surface area contributed by atoms with E-state index in [1.165, 1.54) is 6.42 Å². The van der Waals surface area contributed by atoms with Gasteiger partial charge in [-0.15, -0.1) is 0 Å². The molecule has 1 aliphatic heterocycles. The van der Waals surface area contributed by atoms with Gasteiger partial charge in [0.25, 0.3) is 0 Å².